The maximum atomic E-state index is 11.9. The molecule has 2 rings (SSSR count). The molecule has 0 saturated carbocycles. The van der Waals surface area contributed by atoms with E-state index in [-0.39, 0.29) is 11.6 Å². The average Bonchev–Trinajstić information content (AvgIpc) is 3.04. The lowest BCUT2D eigenvalue weighted by atomic mass is 10.1. The highest BCUT2D eigenvalue weighted by Crippen LogP contribution is 2.13. The third kappa shape index (κ3) is 5.39. The second-order valence-corrected chi connectivity index (χ2v) is 6.24. The van der Waals surface area contributed by atoms with Crippen LogP contribution in [0.2, 0.25) is 0 Å². The summed E-state index contributed by atoms with van der Waals surface area (Å²) in [5.41, 5.74) is 7.06. The number of carbonyl (C=O) groups excluding carboxylic acids is 1. The van der Waals surface area contributed by atoms with Crippen LogP contribution in [0.3, 0.4) is 0 Å². The predicted molar refractivity (Wildman–Crippen MR) is 93.2 cm³/mol. The van der Waals surface area contributed by atoms with Gasteiger partial charge in [0.1, 0.15) is 5.69 Å². The number of aromatic nitrogens is 1. The van der Waals surface area contributed by atoms with Crippen LogP contribution in [-0.4, -0.2) is 28.9 Å². The van der Waals surface area contributed by atoms with Crippen molar-refractivity contribution in [1.29, 1.82) is 0 Å². The maximum absolute atomic E-state index is 11.9. The molecule has 24 heavy (non-hydrogen) atoms. The molecule has 0 radical (unpaired) electrons. The largest absolute Gasteiger partial charge is 0.351 e. The van der Waals surface area contributed by atoms with E-state index in [9.17, 15) is 14.9 Å². The van der Waals surface area contributed by atoms with Gasteiger partial charge in [-0.05, 0) is 31.4 Å². The van der Waals surface area contributed by atoms with Crippen molar-refractivity contribution in [2.45, 2.75) is 25.7 Å². The number of hydrogen-bond acceptors (Lipinski definition) is 6. The SMILES string of the molecule is NCCc1nc(C(=O)NCCCCc2ccc([N+](=O)[O-])cc2)cs1. The quantitative estimate of drug-likeness (QED) is 0.410. The summed E-state index contributed by atoms with van der Waals surface area (Å²) in [7, 11) is 0. The third-order valence-corrected chi connectivity index (χ3v) is 4.38. The van der Waals surface area contributed by atoms with Crippen molar-refractivity contribution in [2.24, 2.45) is 5.73 Å². The molecule has 1 aromatic heterocycles. The zero-order valence-electron chi connectivity index (χ0n) is 13.2. The third-order valence-electron chi connectivity index (χ3n) is 3.47. The number of benzene rings is 1. The zero-order valence-corrected chi connectivity index (χ0v) is 14.1. The van der Waals surface area contributed by atoms with Crippen LogP contribution in [0.25, 0.3) is 0 Å². The Bertz CT molecular complexity index is 685. The van der Waals surface area contributed by atoms with Gasteiger partial charge in [-0.15, -0.1) is 11.3 Å². The summed E-state index contributed by atoms with van der Waals surface area (Å²) < 4.78 is 0. The Hall–Kier alpha value is -2.32. The fourth-order valence-corrected chi connectivity index (χ4v) is 2.98. The molecule has 0 unspecified atom stereocenters. The van der Waals surface area contributed by atoms with Crippen molar-refractivity contribution < 1.29 is 9.72 Å². The van der Waals surface area contributed by atoms with E-state index in [4.69, 9.17) is 5.73 Å². The van der Waals surface area contributed by atoms with Crippen molar-refractivity contribution in [3.63, 3.8) is 0 Å². The van der Waals surface area contributed by atoms with E-state index in [0.29, 0.717) is 25.2 Å². The monoisotopic (exact) mass is 348 g/mol. The zero-order chi connectivity index (χ0) is 17.4. The molecule has 128 valence electrons. The molecule has 7 nitrogen and oxygen atoms in total. The van der Waals surface area contributed by atoms with Crippen molar-refractivity contribution in [3.05, 3.63) is 56.0 Å². The Morgan fingerprint density at radius 3 is 2.67 bits per heavy atom. The van der Waals surface area contributed by atoms with Crippen molar-refractivity contribution in [1.82, 2.24) is 10.3 Å². The van der Waals surface area contributed by atoms with E-state index in [2.05, 4.69) is 10.3 Å². The minimum atomic E-state index is -0.406. The molecule has 0 saturated heterocycles. The van der Waals surface area contributed by atoms with Crippen LogP contribution >= 0.6 is 11.3 Å². The van der Waals surface area contributed by atoms with Crippen LogP contribution in [0.5, 0.6) is 0 Å². The summed E-state index contributed by atoms with van der Waals surface area (Å²) in [5, 5.41) is 16.1. The summed E-state index contributed by atoms with van der Waals surface area (Å²) in [5.74, 6) is -0.162. The molecule has 1 amide bonds. The lowest BCUT2D eigenvalue weighted by molar-refractivity contribution is -0.384. The van der Waals surface area contributed by atoms with Crippen LogP contribution < -0.4 is 11.1 Å². The van der Waals surface area contributed by atoms with Gasteiger partial charge in [0.15, 0.2) is 0 Å². The van der Waals surface area contributed by atoms with Crippen molar-refractivity contribution in [2.75, 3.05) is 13.1 Å². The number of thiazole rings is 1. The van der Waals surface area contributed by atoms with E-state index >= 15 is 0 Å². The number of unbranched alkanes of at least 4 members (excludes halogenated alkanes) is 1. The van der Waals surface area contributed by atoms with E-state index in [1.54, 1.807) is 17.5 Å². The highest BCUT2D eigenvalue weighted by atomic mass is 32.1. The normalized spacial score (nSPS) is 10.5. The molecule has 8 heteroatoms. The topological polar surface area (TPSA) is 111 Å². The molecule has 3 N–H and O–H groups in total. The van der Waals surface area contributed by atoms with Gasteiger partial charge < -0.3 is 11.1 Å². The molecule has 0 aliphatic rings. The predicted octanol–water partition coefficient (Wildman–Crippen LogP) is 2.31. The summed E-state index contributed by atoms with van der Waals surface area (Å²) in [6.45, 7) is 1.10. The van der Waals surface area contributed by atoms with Crippen LogP contribution in [0.1, 0.15) is 33.9 Å². The first-order chi connectivity index (χ1) is 11.6. The highest BCUT2D eigenvalue weighted by Gasteiger charge is 2.09. The Morgan fingerprint density at radius 2 is 2.00 bits per heavy atom. The first kappa shape index (κ1) is 18.0. The fourth-order valence-electron chi connectivity index (χ4n) is 2.18. The molecule has 0 aliphatic heterocycles. The number of non-ortho nitro benzene ring substituents is 1. The molecule has 0 bridgehead atoms. The Kier molecular flexibility index (Phi) is 6.83. The van der Waals surface area contributed by atoms with E-state index < -0.39 is 4.92 Å². The number of nitrogens with zero attached hydrogens (tertiary/aromatic N) is 2. The number of carbonyl (C=O) groups is 1. The number of nitro benzene ring substituents is 1. The van der Waals surface area contributed by atoms with Gasteiger partial charge in [-0.25, -0.2) is 4.98 Å². The standard InChI is InChI=1S/C16H20N4O3S/c17-9-8-15-19-14(11-24-15)16(21)18-10-2-1-3-12-4-6-13(7-5-12)20(22)23/h4-7,11H,1-3,8-10,17H2,(H,18,21). The number of nitrogens with two attached hydrogens (primary N) is 1. The highest BCUT2D eigenvalue weighted by molar-refractivity contribution is 7.09. The van der Waals surface area contributed by atoms with Crippen LogP contribution in [0.4, 0.5) is 5.69 Å². The average molecular weight is 348 g/mol. The fraction of sp³-hybridized carbons (Fsp3) is 0.375. The Morgan fingerprint density at radius 1 is 1.25 bits per heavy atom. The number of amides is 1. The van der Waals surface area contributed by atoms with Crippen molar-refractivity contribution >= 4 is 22.9 Å². The summed E-state index contributed by atoms with van der Waals surface area (Å²) in [6, 6.07) is 6.56. The molecular formula is C16H20N4O3S. The molecule has 0 spiro atoms. The van der Waals surface area contributed by atoms with Gasteiger partial charge in [0.05, 0.1) is 9.93 Å². The number of rotatable bonds is 9. The molecule has 1 heterocycles. The molecule has 1 aromatic carbocycles. The molecular weight excluding hydrogens is 328 g/mol. The van der Waals surface area contributed by atoms with Gasteiger partial charge in [-0.2, -0.15) is 0 Å². The maximum Gasteiger partial charge on any atom is 0.270 e. The first-order valence-corrected chi connectivity index (χ1v) is 8.64. The van der Waals surface area contributed by atoms with Crippen molar-refractivity contribution in [3.8, 4) is 0 Å². The molecule has 0 atom stereocenters. The minimum absolute atomic E-state index is 0.100. The number of aryl methyl sites for hydroxylation is 1. The van der Waals surface area contributed by atoms with Crippen LogP contribution in [0.15, 0.2) is 29.6 Å². The van der Waals surface area contributed by atoms with Gasteiger partial charge in [0.25, 0.3) is 11.6 Å². The Labute approximate surface area is 144 Å². The summed E-state index contributed by atoms with van der Waals surface area (Å²) in [4.78, 5) is 26.4. The lowest BCUT2D eigenvalue weighted by Gasteiger charge is -2.04. The van der Waals surface area contributed by atoms with Crippen LogP contribution in [0, 0.1) is 10.1 Å². The Balaban J connectivity index is 1.66. The number of nitrogens with one attached hydrogen (secondary N) is 1. The van der Waals surface area contributed by atoms with Gasteiger partial charge in [-0.3, -0.25) is 14.9 Å². The van der Waals surface area contributed by atoms with Gasteiger partial charge in [0, 0.05) is 30.5 Å². The molecule has 2 aromatic rings. The first-order valence-electron chi connectivity index (χ1n) is 7.76. The smallest absolute Gasteiger partial charge is 0.270 e. The summed E-state index contributed by atoms with van der Waals surface area (Å²) >= 11 is 1.45. The molecule has 0 fully saturated rings. The summed E-state index contributed by atoms with van der Waals surface area (Å²) in [6.07, 6.45) is 3.24. The van der Waals surface area contributed by atoms with E-state index in [1.807, 2.05) is 0 Å². The number of hydrogen-bond donors (Lipinski definition) is 2. The van der Waals surface area contributed by atoms with Crippen LogP contribution in [-0.2, 0) is 12.8 Å². The number of nitro groups is 1. The minimum Gasteiger partial charge on any atom is -0.351 e. The van der Waals surface area contributed by atoms with E-state index in [1.165, 1.54) is 23.5 Å². The molecule has 0 aliphatic carbocycles. The second kappa shape index (κ2) is 9.09. The van der Waals surface area contributed by atoms with Gasteiger partial charge in [0.2, 0.25) is 0 Å². The lowest BCUT2D eigenvalue weighted by Crippen LogP contribution is -2.24. The van der Waals surface area contributed by atoms with E-state index in [0.717, 1.165) is 29.8 Å². The van der Waals surface area contributed by atoms with Gasteiger partial charge in [-0.1, -0.05) is 12.1 Å². The second-order valence-electron chi connectivity index (χ2n) is 5.30. The van der Waals surface area contributed by atoms with Gasteiger partial charge >= 0.3 is 0 Å².